The summed E-state index contributed by atoms with van der Waals surface area (Å²) in [4.78, 5) is 0. The van der Waals surface area contributed by atoms with Crippen LogP contribution in [0.15, 0.2) is 39.2 Å². The summed E-state index contributed by atoms with van der Waals surface area (Å²) in [5.41, 5.74) is 2.33. The lowest BCUT2D eigenvalue weighted by atomic mass is 10.1. The Kier molecular flexibility index (Phi) is 8.79. The van der Waals surface area contributed by atoms with Crippen molar-refractivity contribution in [2.75, 3.05) is 13.2 Å². The van der Waals surface area contributed by atoms with E-state index in [2.05, 4.69) is 40.3 Å². The largest absolute Gasteiger partial charge is 0.460 e. The molecule has 22 heavy (non-hydrogen) atoms. The predicted octanol–water partition coefficient (Wildman–Crippen LogP) is 4.69. The molecule has 0 aliphatic rings. The van der Waals surface area contributed by atoms with Gasteiger partial charge in [0.25, 0.3) is 0 Å². The van der Waals surface area contributed by atoms with Crippen molar-refractivity contribution in [3.63, 3.8) is 0 Å². The standard InChI is InChI=1S/C17H22BrNO2.ClH/c1-13-11-14(18)5-7-16(13)17-8-6-15(21-17)12-19-9-3-2-4-10-20;/h5-8,11,19-20H,2-4,9-10,12H2,1H3;1H. The highest BCUT2D eigenvalue weighted by atomic mass is 79.9. The fourth-order valence-electron chi connectivity index (χ4n) is 2.27. The first-order valence-electron chi connectivity index (χ1n) is 7.37. The van der Waals surface area contributed by atoms with Gasteiger partial charge < -0.3 is 14.8 Å². The third kappa shape index (κ3) is 5.76. The highest BCUT2D eigenvalue weighted by Gasteiger charge is 2.07. The monoisotopic (exact) mass is 387 g/mol. The first-order chi connectivity index (χ1) is 10.2. The molecule has 5 heteroatoms. The molecule has 0 spiro atoms. The molecule has 3 nitrogen and oxygen atoms in total. The van der Waals surface area contributed by atoms with Crippen LogP contribution < -0.4 is 5.32 Å². The van der Waals surface area contributed by atoms with E-state index in [1.165, 1.54) is 5.56 Å². The van der Waals surface area contributed by atoms with Gasteiger partial charge >= 0.3 is 0 Å². The molecule has 0 saturated carbocycles. The third-order valence-corrected chi connectivity index (χ3v) is 3.92. The van der Waals surface area contributed by atoms with Crippen molar-refractivity contribution in [3.8, 4) is 11.3 Å². The van der Waals surface area contributed by atoms with E-state index in [1.54, 1.807) is 0 Å². The first kappa shape index (κ1) is 19.2. The number of hydrogen-bond acceptors (Lipinski definition) is 3. The van der Waals surface area contributed by atoms with E-state index in [-0.39, 0.29) is 19.0 Å². The van der Waals surface area contributed by atoms with Gasteiger partial charge in [0.2, 0.25) is 0 Å². The lowest BCUT2D eigenvalue weighted by Crippen LogP contribution is -2.14. The quantitative estimate of drug-likeness (QED) is 0.645. The summed E-state index contributed by atoms with van der Waals surface area (Å²) in [5.74, 6) is 1.87. The molecule has 0 bridgehead atoms. The van der Waals surface area contributed by atoms with Crippen LogP contribution in [0.1, 0.15) is 30.6 Å². The van der Waals surface area contributed by atoms with Gasteiger partial charge in [-0.05, 0) is 68.6 Å². The molecule has 0 aliphatic carbocycles. The topological polar surface area (TPSA) is 45.4 Å². The van der Waals surface area contributed by atoms with E-state index in [1.807, 2.05) is 18.2 Å². The first-order valence-corrected chi connectivity index (χ1v) is 8.17. The summed E-state index contributed by atoms with van der Waals surface area (Å²) in [6, 6.07) is 10.3. The minimum Gasteiger partial charge on any atom is -0.460 e. The van der Waals surface area contributed by atoms with Crippen molar-refractivity contribution in [3.05, 3.63) is 46.1 Å². The minimum absolute atomic E-state index is 0. The van der Waals surface area contributed by atoms with Crippen LogP contribution in [-0.2, 0) is 6.54 Å². The maximum Gasteiger partial charge on any atom is 0.134 e. The second-order valence-corrected chi connectivity index (χ2v) is 6.10. The molecule has 1 heterocycles. The van der Waals surface area contributed by atoms with Crippen LogP contribution in [0.5, 0.6) is 0 Å². The Balaban J connectivity index is 0.00000242. The molecule has 1 aromatic heterocycles. The molecule has 0 amide bonds. The fraction of sp³-hybridized carbons (Fsp3) is 0.412. The summed E-state index contributed by atoms with van der Waals surface area (Å²) < 4.78 is 6.98. The van der Waals surface area contributed by atoms with Crippen LogP contribution in [0.3, 0.4) is 0 Å². The predicted molar refractivity (Wildman–Crippen MR) is 96.5 cm³/mol. The molecule has 0 unspecified atom stereocenters. The van der Waals surface area contributed by atoms with Crippen LogP contribution >= 0.6 is 28.3 Å². The Morgan fingerprint density at radius 1 is 1.14 bits per heavy atom. The fourth-order valence-corrected chi connectivity index (χ4v) is 2.75. The summed E-state index contributed by atoms with van der Waals surface area (Å²) in [6.45, 7) is 4.07. The molecule has 0 radical (unpaired) electrons. The molecular weight excluding hydrogens is 366 g/mol. The molecule has 122 valence electrons. The van der Waals surface area contributed by atoms with E-state index in [4.69, 9.17) is 9.52 Å². The molecular formula is C17H23BrClNO2. The van der Waals surface area contributed by atoms with Gasteiger partial charge in [-0.2, -0.15) is 0 Å². The molecule has 0 fully saturated rings. The molecule has 0 atom stereocenters. The second kappa shape index (κ2) is 10.1. The zero-order valence-electron chi connectivity index (χ0n) is 12.8. The number of aryl methyl sites for hydroxylation is 1. The smallest absolute Gasteiger partial charge is 0.134 e. The van der Waals surface area contributed by atoms with Crippen LogP contribution in [0.2, 0.25) is 0 Å². The van der Waals surface area contributed by atoms with Crippen LogP contribution in [0.4, 0.5) is 0 Å². The van der Waals surface area contributed by atoms with E-state index < -0.39 is 0 Å². The third-order valence-electron chi connectivity index (χ3n) is 3.43. The lowest BCUT2D eigenvalue weighted by molar-refractivity contribution is 0.282. The lowest BCUT2D eigenvalue weighted by Gasteiger charge is -2.04. The maximum absolute atomic E-state index is 8.71. The summed E-state index contributed by atoms with van der Waals surface area (Å²) >= 11 is 3.48. The van der Waals surface area contributed by atoms with Crippen molar-refractivity contribution in [1.29, 1.82) is 0 Å². The SMILES string of the molecule is Cc1cc(Br)ccc1-c1ccc(CNCCCCCO)o1.Cl. The van der Waals surface area contributed by atoms with Crippen LogP contribution in [0, 0.1) is 6.92 Å². The van der Waals surface area contributed by atoms with Gasteiger partial charge in [-0.15, -0.1) is 12.4 Å². The molecule has 2 aromatic rings. The Hall–Kier alpha value is -0.810. The number of furan rings is 1. The molecule has 0 aliphatic heterocycles. The van der Waals surface area contributed by atoms with Crippen LogP contribution in [-0.4, -0.2) is 18.3 Å². The van der Waals surface area contributed by atoms with Crippen molar-refractivity contribution in [1.82, 2.24) is 5.32 Å². The molecule has 1 aromatic carbocycles. The second-order valence-electron chi connectivity index (χ2n) is 5.19. The molecule has 2 N–H and O–H groups in total. The van der Waals surface area contributed by atoms with Crippen molar-refractivity contribution >= 4 is 28.3 Å². The van der Waals surface area contributed by atoms with Gasteiger partial charge in [-0.25, -0.2) is 0 Å². The summed E-state index contributed by atoms with van der Waals surface area (Å²) in [5, 5.41) is 12.1. The van der Waals surface area contributed by atoms with E-state index in [0.29, 0.717) is 0 Å². The number of aliphatic hydroxyl groups is 1. The van der Waals surface area contributed by atoms with E-state index in [9.17, 15) is 0 Å². The van der Waals surface area contributed by atoms with Crippen LogP contribution in [0.25, 0.3) is 11.3 Å². The van der Waals surface area contributed by atoms with Crippen molar-refractivity contribution < 1.29 is 9.52 Å². The maximum atomic E-state index is 8.71. The molecule has 2 rings (SSSR count). The number of unbranched alkanes of at least 4 members (excludes halogenated alkanes) is 2. The average molecular weight is 389 g/mol. The number of benzene rings is 1. The Labute approximate surface area is 146 Å². The van der Waals surface area contributed by atoms with Crippen molar-refractivity contribution in [2.24, 2.45) is 0 Å². The van der Waals surface area contributed by atoms with Gasteiger partial charge in [0.1, 0.15) is 11.5 Å². The zero-order chi connectivity index (χ0) is 15.1. The summed E-state index contributed by atoms with van der Waals surface area (Å²) in [6.07, 6.45) is 3.03. The number of hydrogen-bond donors (Lipinski definition) is 2. The van der Waals surface area contributed by atoms with E-state index in [0.717, 1.165) is 53.9 Å². The number of aliphatic hydroxyl groups excluding tert-OH is 1. The highest BCUT2D eigenvalue weighted by Crippen LogP contribution is 2.27. The average Bonchev–Trinajstić information content (AvgIpc) is 2.91. The Bertz CT molecular complexity index is 572. The van der Waals surface area contributed by atoms with Gasteiger partial charge in [-0.1, -0.05) is 15.9 Å². The number of halogens is 2. The number of nitrogens with one attached hydrogen (secondary N) is 1. The Morgan fingerprint density at radius 2 is 1.95 bits per heavy atom. The normalized spacial score (nSPS) is 10.5. The van der Waals surface area contributed by atoms with Gasteiger partial charge in [0.05, 0.1) is 6.54 Å². The van der Waals surface area contributed by atoms with Gasteiger partial charge in [0.15, 0.2) is 0 Å². The zero-order valence-corrected chi connectivity index (χ0v) is 15.2. The van der Waals surface area contributed by atoms with Crippen molar-refractivity contribution in [2.45, 2.75) is 32.7 Å². The highest BCUT2D eigenvalue weighted by molar-refractivity contribution is 9.10. The molecule has 0 saturated heterocycles. The van der Waals surface area contributed by atoms with Gasteiger partial charge in [0, 0.05) is 16.6 Å². The van der Waals surface area contributed by atoms with Gasteiger partial charge in [-0.3, -0.25) is 0 Å². The van der Waals surface area contributed by atoms with E-state index >= 15 is 0 Å². The number of rotatable bonds is 8. The Morgan fingerprint density at radius 3 is 2.68 bits per heavy atom. The minimum atomic E-state index is 0. The summed E-state index contributed by atoms with van der Waals surface area (Å²) in [7, 11) is 0.